The molecule has 0 bridgehead atoms. The first-order valence-corrected chi connectivity index (χ1v) is 11.1. The summed E-state index contributed by atoms with van der Waals surface area (Å²) in [6, 6.07) is 13.2. The third-order valence-electron chi connectivity index (χ3n) is 4.59. The lowest BCUT2D eigenvalue weighted by Crippen LogP contribution is -2.38. The van der Waals surface area contributed by atoms with E-state index in [1.54, 1.807) is 48.5 Å². The molecule has 2 aromatic rings. The molecular weight excluding hydrogens is 462 g/mol. The molecule has 9 nitrogen and oxygen atoms in total. The van der Waals surface area contributed by atoms with E-state index in [-0.39, 0.29) is 6.54 Å². The zero-order valence-corrected chi connectivity index (χ0v) is 19.9. The van der Waals surface area contributed by atoms with Crippen LogP contribution in [0.1, 0.15) is 30.1 Å². The number of nitrogens with zero attached hydrogens (tertiary/aromatic N) is 1. The van der Waals surface area contributed by atoms with E-state index in [1.807, 2.05) is 0 Å². The van der Waals surface area contributed by atoms with E-state index in [9.17, 15) is 19.2 Å². The quantitative estimate of drug-likeness (QED) is 0.350. The molecule has 3 amide bonds. The first-order valence-electron chi connectivity index (χ1n) is 10.7. The topological polar surface area (TPSA) is 114 Å². The van der Waals surface area contributed by atoms with Crippen molar-refractivity contribution >= 4 is 41.0 Å². The molecule has 0 aromatic heterocycles. The van der Waals surface area contributed by atoms with Crippen molar-refractivity contribution < 1.29 is 28.7 Å². The zero-order valence-electron chi connectivity index (χ0n) is 19.1. The summed E-state index contributed by atoms with van der Waals surface area (Å²) in [6.07, 6.45) is 1.97. The summed E-state index contributed by atoms with van der Waals surface area (Å²) in [5, 5.41) is 5.40. The Morgan fingerprint density at radius 1 is 1.03 bits per heavy atom. The maximum Gasteiger partial charge on any atom is 0.325 e. The monoisotopic (exact) mass is 489 g/mol. The number of carbonyl (C=O) groups excluding carboxylic acids is 4. The number of likely N-dealkylation sites (N-methyl/N-ethyl adjacent to an activating group) is 1. The van der Waals surface area contributed by atoms with Crippen LogP contribution < -0.4 is 15.4 Å². The number of esters is 1. The molecular formula is C24H28ClN3O6. The largest absolute Gasteiger partial charge is 0.494 e. The minimum Gasteiger partial charge on any atom is -0.494 e. The van der Waals surface area contributed by atoms with Crippen LogP contribution in [0.3, 0.4) is 0 Å². The van der Waals surface area contributed by atoms with Crippen molar-refractivity contribution in [2.75, 3.05) is 38.7 Å². The van der Waals surface area contributed by atoms with E-state index in [2.05, 4.69) is 17.6 Å². The number of hydrogen-bond donors (Lipinski definition) is 2. The van der Waals surface area contributed by atoms with Gasteiger partial charge in [0.05, 0.1) is 23.9 Å². The molecule has 0 spiro atoms. The number of carbonyl (C=O) groups is 4. The minimum atomic E-state index is -0.782. The van der Waals surface area contributed by atoms with Crippen molar-refractivity contribution in [3.63, 3.8) is 0 Å². The molecule has 182 valence electrons. The van der Waals surface area contributed by atoms with Gasteiger partial charge in [-0.15, -0.1) is 0 Å². The number of rotatable bonds is 12. The summed E-state index contributed by atoms with van der Waals surface area (Å²) in [4.78, 5) is 49.4. The van der Waals surface area contributed by atoms with Crippen LogP contribution in [0.5, 0.6) is 5.75 Å². The van der Waals surface area contributed by atoms with Gasteiger partial charge < -0.3 is 25.0 Å². The molecule has 10 heteroatoms. The van der Waals surface area contributed by atoms with E-state index >= 15 is 0 Å². The lowest BCUT2D eigenvalue weighted by atomic mass is 10.2. The average Bonchev–Trinajstić information content (AvgIpc) is 2.83. The molecule has 0 aliphatic rings. The fraction of sp³-hybridized carbons (Fsp3) is 0.333. The molecule has 2 rings (SSSR count). The van der Waals surface area contributed by atoms with Crippen molar-refractivity contribution in [1.82, 2.24) is 10.2 Å². The molecule has 2 N–H and O–H groups in total. The predicted molar refractivity (Wildman–Crippen MR) is 128 cm³/mol. The van der Waals surface area contributed by atoms with Gasteiger partial charge >= 0.3 is 5.97 Å². The van der Waals surface area contributed by atoms with Crippen LogP contribution >= 0.6 is 11.6 Å². The van der Waals surface area contributed by atoms with E-state index in [0.717, 1.165) is 17.7 Å². The van der Waals surface area contributed by atoms with Crippen molar-refractivity contribution in [3.05, 3.63) is 59.1 Å². The molecule has 0 saturated carbocycles. The molecule has 0 fully saturated rings. The van der Waals surface area contributed by atoms with Crippen LogP contribution in [0, 0.1) is 0 Å². The number of anilines is 1. The van der Waals surface area contributed by atoms with Crippen molar-refractivity contribution in [2.24, 2.45) is 0 Å². The van der Waals surface area contributed by atoms with Crippen LogP contribution in [-0.4, -0.2) is 61.9 Å². The highest BCUT2D eigenvalue weighted by Gasteiger charge is 2.16. The SMILES string of the molecule is CCCCOc1ccc(C(=O)NCC(=O)OCC(=O)N(C)CC(=O)Nc2ccccc2Cl)cc1. The fourth-order valence-electron chi connectivity index (χ4n) is 2.65. The van der Waals surface area contributed by atoms with Crippen LogP contribution in [0.15, 0.2) is 48.5 Å². The smallest absolute Gasteiger partial charge is 0.325 e. The number of nitrogens with one attached hydrogen (secondary N) is 2. The highest BCUT2D eigenvalue weighted by Crippen LogP contribution is 2.20. The minimum absolute atomic E-state index is 0.253. The van der Waals surface area contributed by atoms with Crippen LogP contribution in [-0.2, 0) is 19.1 Å². The van der Waals surface area contributed by atoms with E-state index < -0.39 is 36.8 Å². The van der Waals surface area contributed by atoms with E-state index in [0.29, 0.717) is 28.6 Å². The summed E-state index contributed by atoms with van der Waals surface area (Å²) in [5.41, 5.74) is 0.784. The Kier molecular flexibility index (Phi) is 10.9. The number of halogens is 1. The van der Waals surface area contributed by atoms with Gasteiger partial charge in [-0.3, -0.25) is 19.2 Å². The van der Waals surface area contributed by atoms with Crippen LogP contribution in [0.4, 0.5) is 5.69 Å². The number of hydrogen-bond acceptors (Lipinski definition) is 6. The number of benzene rings is 2. The molecule has 2 aromatic carbocycles. The number of para-hydroxylation sites is 1. The number of ether oxygens (including phenoxy) is 2. The van der Waals surface area contributed by atoms with Gasteiger partial charge in [-0.25, -0.2) is 0 Å². The van der Waals surface area contributed by atoms with Crippen molar-refractivity contribution in [2.45, 2.75) is 19.8 Å². The van der Waals surface area contributed by atoms with Gasteiger partial charge in [0.2, 0.25) is 5.91 Å². The van der Waals surface area contributed by atoms with Gasteiger partial charge in [0.1, 0.15) is 12.3 Å². The molecule has 0 saturated heterocycles. The van der Waals surface area contributed by atoms with Gasteiger partial charge in [-0.05, 0) is 42.8 Å². The second-order valence-electron chi connectivity index (χ2n) is 7.35. The van der Waals surface area contributed by atoms with Gasteiger partial charge in [-0.1, -0.05) is 37.1 Å². The third-order valence-corrected chi connectivity index (χ3v) is 4.92. The highest BCUT2D eigenvalue weighted by molar-refractivity contribution is 6.33. The lowest BCUT2D eigenvalue weighted by Gasteiger charge is -2.17. The summed E-state index contributed by atoms with van der Waals surface area (Å²) < 4.78 is 10.4. The molecule has 0 heterocycles. The average molecular weight is 490 g/mol. The Morgan fingerprint density at radius 2 is 1.74 bits per heavy atom. The lowest BCUT2D eigenvalue weighted by molar-refractivity contribution is -0.150. The second-order valence-corrected chi connectivity index (χ2v) is 7.75. The molecule has 0 aliphatic heterocycles. The Bertz CT molecular complexity index is 996. The van der Waals surface area contributed by atoms with Gasteiger partial charge in [0.15, 0.2) is 6.61 Å². The van der Waals surface area contributed by atoms with Crippen LogP contribution in [0.2, 0.25) is 5.02 Å². The molecule has 0 atom stereocenters. The zero-order chi connectivity index (χ0) is 24.9. The van der Waals surface area contributed by atoms with Gasteiger partial charge in [0.25, 0.3) is 11.8 Å². The van der Waals surface area contributed by atoms with Crippen molar-refractivity contribution in [1.29, 1.82) is 0 Å². The number of amides is 3. The molecule has 0 radical (unpaired) electrons. The maximum atomic E-state index is 12.2. The number of unbranched alkanes of at least 4 members (excludes halogenated alkanes) is 1. The predicted octanol–water partition coefficient (Wildman–Crippen LogP) is 2.89. The molecule has 0 aliphatic carbocycles. The van der Waals surface area contributed by atoms with E-state index in [4.69, 9.17) is 21.1 Å². The first-order chi connectivity index (χ1) is 16.3. The molecule has 34 heavy (non-hydrogen) atoms. The normalized spacial score (nSPS) is 10.2. The summed E-state index contributed by atoms with van der Waals surface area (Å²) in [6.45, 7) is 1.45. The van der Waals surface area contributed by atoms with Gasteiger partial charge in [-0.2, -0.15) is 0 Å². The summed E-state index contributed by atoms with van der Waals surface area (Å²) in [7, 11) is 1.40. The second kappa shape index (κ2) is 13.8. The Hall–Kier alpha value is -3.59. The fourth-order valence-corrected chi connectivity index (χ4v) is 2.83. The summed E-state index contributed by atoms with van der Waals surface area (Å²) >= 11 is 5.98. The highest BCUT2D eigenvalue weighted by atomic mass is 35.5. The van der Waals surface area contributed by atoms with Crippen LogP contribution in [0.25, 0.3) is 0 Å². The third kappa shape index (κ3) is 9.11. The Balaban J connectivity index is 1.69. The first kappa shape index (κ1) is 26.7. The Morgan fingerprint density at radius 3 is 2.41 bits per heavy atom. The van der Waals surface area contributed by atoms with E-state index in [1.165, 1.54) is 7.05 Å². The maximum absolute atomic E-state index is 12.2. The Labute approximate surface area is 203 Å². The summed E-state index contributed by atoms with van der Waals surface area (Å²) in [5.74, 6) is -1.61. The standard InChI is InChI=1S/C24H28ClN3O6/c1-3-4-13-33-18-11-9-17(10-12-18)24(32)26-14-23(31)34-16-22(30)28(2)15-21(29)27-20-8-6-5-7-19(20)25/h5-12H,3-4,13-16H2,1-2H3,(H,26,32)(H,27,29). The molecule has 0 unspecified atom stereocenters. The van der Waals surface area contributed by atoms with Gasteiger partial charge in [0, 0.05) is 12.6 Å². The van der Waals surface area contributed by atoms with Crippen molar-refractivity contribution in [3.8, 4) is 5.75 Å².